The maximum Gasteiger partial charge on any atom is 0.257 e. The third-order valence-corrected chi connectivity index (χ3v) is 6.70. The summed E-state index contributed by atoms with van der Waals surface area (Å²) in [6.45, 7) is 3.70. The fourth-order valence-corrected chi connectivity index (χ4v) is 5.18. The van der Waals surface area contributed by atoms with Crippen molar-refractivity contribution in [3.63, 3.8) is 0 Å². The van der Waals surface area contributed by atoms with Gasteiger partial charge in [0.15, 0.2) is 5.82 Å². The molecule has 0 N–H and O–H groups in total. The third kappa shape index (κ3) is 3.34. The summed E-state index contributed by atoms with van der Waals surface area (Å²) < 4.78 is 19.9. The normalized spacial score (nSPS) is 24.0. The van der Waals surface area contributed by atoms with E-state index in [-0.39, 0.29) is 11.9 Å². The summed E-state index contributed by atoms with van der Waals surface area (Å²) in [5.41, 5.74) is 4.31. The van der Waals surface area contributed by atoms with Crippen molar-refractivity contribution in [1.82, 2.24) is 19.9 Å². The zero-order chi connectivity index (χ0) is 20.8. The third-order valence-electron chi connectivity index (χ3n) is 6.70. The molecule has 0 amide bonds. The quantitative estimate of drug-likeness (QED) is 0.650. The minimum atomic E-state index is -0.0564. The van der Waals surface area contributed by atoms with Gasteiger partial charge in [-0.15, -0.1) is 0 Å². The highest BCUT2D eigenvalue weighted by molar-refractivity contribution is 5.53. The number of aromatic nitrogens is 2. The zero-order valence-corrected chi connectivity index (χ0v) is 17.7. The standard InChI is InChI=1S/C24H27FN4O/c1-15-26-24(30-27-15)18-9-7-16(8-10-18)19-13-29(14-22(19)28(2)3)21-12-11-17-5-4-6-20(25)23(17)21/h4-10,19,21-22H,11-14H2,1-3H3/t19-,21?,22+/m1/s1. The molecular weight excluding hydrogens is 379 g/mol. The lowest BCUT2D eigenvalue weighted by Gasteiger charge is -2.26. The second kappa shape index (κ2) is 7.60. The molecule has 30 heavy (non-hydrogen) atoms. The van der Waals surface area contributed by atoms with E-state index in [0.717, 1.165) is 37.1 Å². The highest BCUT2D eigenvalue weighted by Gasteiger charge is 2.41. The van der Waals surface area contributed by atoms with E-state index >= 15 is 0 Å². The Morgan fingerprint density at radius 3 is 2.60 bits per heavy atom. The van der Waals surface area contributed by atoms with Gasteiger partial charge in [0.25, 0.3) is 5.89 Å². The monoisotopic (exact) mass is 406 g/mol. The first kappa shape index (κ1) is 19.4. The Balaban J connectivity index is 1.41. The summed E-state index contributed by atoms with van der Waals surface area (Å²) in [4.78, 5) is 9.10. The van der Waals surface area contributed by atoms with Gasteiger partial charge in [-0.3, -0.25) is 4.90 Å². The van der Waals surface area contributed by atoms with Crippen LogP contribution in [0.5, 0.6) is 0 Å². The van der Waals surface area contributed by atoms with E-state index in [1.54, 1.807) is 6.07 Å². The van der Waals surface area contributed by atoms with Crippen LogP contribution in [0.3, 0.4) is 0 Å². The van der Waals surface area contributed by atoms with Gasteiger partial charge in [-0.05, 0) is 63.2 Å². The summed E-state index contributed by atoms with van der Waals surface area (Å²) in [6, 6.07) is 14.5. The second-order valence-electron chi connectivity index (χ2n) is 8.73. The van der Waals surface area contributed by atoms with E-state index in [4.69, 9.17) is 4.52 Å². The van der Waals surface area contributed by atoms with Crippen LogP contribution >= 0.6 is 0 Å². The molecule has 0 spiro atoms. The van der Waals surface area contributed by atoms with Gasteiger partial charge >= 0.3 is 0 Å². The molecule has 6 heteroatoms. The van der Waals surface area contributed by atoms with Gasteiger partial charge in [-0.25, -0.2) is 4.39 Å². The first-order valence-corrected chi connectivity index (χ1v) is 10.6. The molecule has 2 aromatic carbocycles. The molecule has 3 aromatic rings. The minimum absolute atomic E-state index is 0.0564. The van der Waals surface area contributed by atoms with Crippen molar-refractivity contribution in [3.05, 3.63) is 70.8 Å². The predicted molar refractivity (Wildman–Crippen MR) is 114 cm³/mol. The van der Waals surface area contributed by atoms with Crippen LogP contribution in [0.2, 0.25) is 0 Å². The van der Waals surface area contributed by atoms with Crippen LogP contribution in [0.25, 0.3) is 11.5 Å². The maximum atomic E-state index is 14.6. The molecule has 3 atom stereocenters. The minimum Gasteiger partial charge on any atom is -0.334 e. The molecule has 0 bridgehead atoms. The summed E-state index contributed by atoms with van der Waals surface area (Å²) in [6.07, 6.45) is 1.96. The average molecular weight is 407 g/mol. The smallest absolute Gasteiger partial charge is 0.257 e. The topological polar surface area (TPSA) is 45.4 Å². The summed E-state index contributed by atoms with van der Waals surface area (Å²) in [5, 5.41) is 3.88. The number of nitrogens with zero attached hydrogens (tertiary/aromatic N) is 4. The Labute approximate surface area is 176 Å². The first-order chi connectivity index (χ1) is 14.5. The van der Waals surface area contributed by atoms with Gasteiger partial charge in [0, 0.05) is 42.2 Å². The Kier molecular flexibility index (Phi) is 4.91. The van der Waals surface area contributed by atoms with Crippen LogP contribution < -0.4 is 0 Å². The molecule has 1 saturated heterocycles. The molecule has 156 valence electrons. The molecule has 5 rings (SSSR count). The molecule has 1 fully saturated rings. The van der Waals surface area contributed by atoms with E-state index < -0.39 is 0 Å². The van der Waals surface area contributed by atoms with Crippen LogP contribution in [0, 0.1) is 12.7 Å². The van der Waals surface area contributed by atoms with Gasteiger partial charge in [0.1, 0.15) is 5.82 Å². The Morgan fingerprint density at radius 1 is 1.10 bits per heavy atom. The van der Waals surface area contributed by atoms with E-state index in [0.29, 0.717) is 23.7 Å². The van der Waals surface area contributed by atoms with Gasteiger partial charge < -0.3 is 9.42 Å². The lowest BCUT2D eigenvalue weighted by atomic mass is 9.93. The van der Waals surface area contributed by atoms with E-state index in [1.807, 2.05) is 13.0 Å². The average Bonchev–Trinajstić information content (AvgIpc) is 3.46. The first-order valence-electron chi connectivity index (χ1n) is 10.6. The number of fused-ring (bicyclic) bond motifs is 1. The van der Waals surface area contributed by atoms with E-state index in [2.05, 4.69) is 64.4 Å². The van der Waals surface area contributed by atoms with Crippen molar-refractivity contribution in [2.24, 2.45) is 0 Å². The van der Waals surface area contributed by atoms with Gasteiger partial charge in [0.05, 0.1) is 0 Å². The summed E-state index contributed by atoms with van der Waals surface area (Å²) in [7, 11) is 4.28. The summed E-state index contributed by atoms with van der Waals surface area (Å²) >= 11 is 0. The fraction of sp³-hybridized carbons (Fsp3) is 0.417. The van der Waals surface area contributed by atoms with Crippen molar-refractivity contribution in [3.8, 4) is 11.5 Å². The molecule has 1 aromatic heterocycles. The number of hydrogen-bond acceptors (Lipinski definition) is 5. The fourth-order valence-electron chi connectivity index (χ4n) is 5.18. The Bertz CT molecular complexity index is 1050. The number of aryl methyl sites for hydroxylation is 2. The molecule has 1 aliphatic carbocycles. The Morgan fingerprint density at radius 2 is 1.90 bits per heavy atom. The molecule has 0 radical (unpaired) electrons. The SMILES string of the molecule is Cc1noc(-c2ccc([C@H]3CN(C4CCc5cccc(F)c54)C[C@@H]3N(C)C)cc2)n1. The second-order valence-corrected chi connectivity index (χ2v) is 8.73. The van der Waals surface area contributed by atoms with Crippen molar-refractivity contribution in [2.45, 2.75) is 37.8 Å². The van der Waals surface area contributed by atoms with Gasteiger partial charge in [-0.2, -0.15) is 4.98 Å². The van der Waals surface area contributed by atoms with Crippen LogP contribution in [0.1, 0.15) is 40.9 Å². The van der Waals surface area contributed by atoms with Crippen molar-refractivity contribution in [1.29, 1.82) is 0 Å². The van der Waals surface area contributed by atoms with Crippen LogP contribution in [-0.4, -0.2) is 53.2 Å². The molecule has 0 saturated carbocycles. The number of halogens is 1. The lowest BCUT2D eigenvalue weighted by molar-refractivity contribution is 0.213. The highest BCUT2D eigenvalue weighted by Crippen LogP contribution is 2.42. The highest BCUT2D eigenvalue weighted by atomic mass is 19.1. The Hall–Kier alpha value is -2.57. The summed E-state index contributed by atoms with van der Waals surface area (Å²) in [5.74, 6) is 1.50. The number of hydrogen-bond donors (Lipinski definition) is 0. The van der Waals surface area contributed by atoms with Gasteiger partial charge in [-0.1, -0.05) is 29.4 Å². The molecule has 5 nitrogen and oxygen atoms in total. The van der Waals surface area contributed by atoms with Crippen molar-refractivity contribution >= 4 is 0 Å². The van der Waals surface area contributed by atoms with Gasteiger partial charge in [0.2, 0.25) is 0 Å². The van der Waals surface area contributed by atoms with Crippen LogP contribution in [0.4, 0.5) is 4.39 Å². The van der Waals surface area contributed by atoms with E-state index in [9.17, 15) is 4.39 Å². The van der Waals surface area contributed by atoms with Crippen molar-refractivity contribution < 1.29 is 8.91 Å². The zero-order valence-electron chi connectivity index (χ0n) is 17.7. The number of likely N-dealkylation sites (N-methyl/N-ethyl adjacent to an activating group) is 1. The molecule has 2 heterocycles. The van der Waals surface area contributed by atoms with E-state index in [1.165, 1.54) is 11.1 Å². The number of rotatable bonds is 4. The lowest BCUT2D eigenvalue weighted by Crippen LogP contribution is -2.35. The van der Waals surface area contributed by atoms with Crippen LogP contribution in [0.15, 0.2) is 47.0 Å². The van der Waals surface area contributed by atoms with Crippen molar-refractivity contribution in [2.75, 3.05) is 27.2 Å². The molecule has 2 aliphatic rings. The largest absolute Gasteiger partial charge is 0.334 e. The molecule has 1 unspecified atom stereocenters. The molecule has 1 aliphatic heterocycles. The number of benzene rings is 2. The molecular formula is C24H27FN4O. The maximum absolute atomic E-state index is 14.6. The number of likely N-dealkylation sites (tertiary alicyclic amines) is 1. The van der Waals surface area contributed by atoms with Crippen LogP contribution in [-0.2, 0) is 6.42 Å². The predicted octanol–water partition coefficient (Wildman–Crippen LogP) is 4.20.